The highest BCUT2D eigenvalue weighted by atomic mass is 32.2. The summed E-state index contributed by atoms with van der Waals surface area (Å²) >= 11 is 0. The van der Waals surface area contributed by atoms with E-state index in [4.69, 9.17) is 0 Å². The second-order valence-electron chi connectivity index (χ2n) is 5.41. The molecule has 5 nitrogen and oxygen atoms in total. The summed E-state index contributed by atoms with van der Waals surface area (Å²) in [5.74, 6) is 0.0820. The summed E-state index contributed by atoms with van der Waals surface area (Å²) in [6.45, 7) is 7.24. The fourth-order valence-corrected chi connectivity index (χ4v) is 4.26. The number of rotatable bonds is 3. The third-order valence-corrected chi connectivity index (χ3v) is 5.90. The fourth-order valence-electron chi connectivity index (χ4n) is 2.63. The number of carbonyl (C=O) groups is 1. The van der Waals surface area contributed by atoms with E-state index in [9.17, 15) is 13.2 Å². The first kappa shape index (κ1) is 16.0. The van der Waals surface area contributed by atoms with Gasteiger partial charge in [-0.25, -0.2) is 8.42 Å². The first-order valence-electron chi connectivity index (χ1n) is 7.21. The first-order valence-corrected chi connectivity index (χ1v) is 8.65. The minimum absolute atomic E-state index is 0.0820. The summed E-state index contributed by atoms with van der Waals surface area (Å²) in [4.78, 5) is 13.7. The molecule has 0 radical (unpaired) electrons. The summed E-state index contributed by atoms with van der Waals surface area (Å²) in [6, 6.07) is 5.37. The molecule has 116 valence electrons. The van der Waals surface area contributed by atoms with Gasteiger partial charge in [-0.05, 0) is 25.5 Å². The molecule has 1 heterocycles. The van der Waals surface area contributed by atoms with Crippen molar-refractivity contribution in [2.75, 3.05) is 26.2 Å². The van der Waals surface area contributed by atoms with Crippen LogP contribution in [-0.2, 0) is 14.8 Å². The molecular weight excluding hydrogens is 288 g/mol. The number of hydrogen-bond donors (Lipinski definition) is 0. The quantitative estimate of drug-likeness (QED) is 0.851. The Morgan fingerprint density at radius 2 is 1.76 bits per heavy atom. The van der Waals surface area contributed by atoms with Gasteiger partial charge < -0.3 is 4.90 Å². The van der Waals surface area contributed by atoms with Crippen LogP contribution in [0.25, 0.3) is 0 Å². The maximum Gasteiger partial charge on any atom is 0.243 e. The predicted molar refractivity (Wildman–Crippen MR) is 81.5 cm³/mol. The van der Waals surface area contributed by atoms with Crippen LogP contribution in [0.15, 0.2) is 23.1 Å². The zero-order chi connectivity index (χ0) is 15.6. The number of hydrogen-bond acceptors (Lipinski definition) is 3. The number of amides is 1. The highest BCUT2D eigenvalue weighted by molar-refractivity contribution is 7.89. The van der Waals surface area contributed by atoms with Gasteiger partial charge in [0.05, 0.1) is 4.90 Å². The van der Waals surface area contributed by atoms with E-state index in [1.165, 1.54) is 4.31 Å². The topological polar surface area (TPSA) is 57.7 Å². The molecule has 1 aromatic carbocycles. The number of piperazine rings is 1. The van der Waals surface area contributed by atoms with E-state index >= 15 is 0 Å². The molecule has 1 aliphatic rings. The molecule has 21 heavy (non-hydrogen) atoms. The van der Waals surface area contributed by atoms with Crippen LogP contribution in [0, 0.1) is 13.8 Å². The lowest BCUT2D eigenvalue weighted by Gasteiger charge is -2.34. The van der Waals surface area contributed by atoms with Crippen LogP contribution < -0.4 is 0 Å². The standard InChI is InChI=1S/C15H22N2O3S/c1-4-15(18)16-7-9-17(10-8-16)21(19,20)14-6-5-12(2)11-13(14)3/h5-6,11H,4,7-10H2,1-3H3. The Labute approximate surface area is 126 Å². The minimum Gasteiger partial charge on any atom is -0.340 e. The predicted octanol–water partition coefficient (Wildman–Crippen LogP) is 1.55. The van der Waals surface area contributed by atoms with E-state index in [1.54, 1.807) is 11.0 Å². The highest BCUT2D eigenvalue weighted by Gasteiger charge is 2.30. The molecule has 0 spiro atoms. The first-order chi connectivity index (χ1) is 9.86. The van der Waals surface area contributed by atoms with Crippen molar-refractivity contribution in [3.63, 3.8) is 0 Å². The van der Waals surface area contributed by atoms with Gasteiger partial charge in [-0.1, -0.05) is 24.6 Å². The Hall–Kier alpha value is -1.40. The van der Waals surface area contributed by atoms with Gasteiger partial charge in [-0.3, -0.25) is 4.79 Å². The van der Waals surface area contributed by atoms with E-state index in [2.05, 4.69) is 0 Å². The van der Waals surface area contributed by atoms with Gasteiger partial charge in [0.15, 0.2) is 0 Å². The Kier molecular flexibility index (Phi) is 4.68. The van der Waals surface area contributed by atoms with E-state index in [0.717, 1.165) is 11.1 Å². The Morgan fingerprint density at radius 1 is 1.14 bits per heavy atom. The van der Waals surface area contributed by atoms with Crippen LogP contribution in [0.3, 0.4) is 0 Å². The van der Waals surface area contributed by atoms with E-state index < -0.39 is 10.0 Å². The van der Waals surface area contributed by atoms with Crippen molar-refractivity contribution in [2.45, 2.75) is 32.1 Å². The number of sulfonamides is 1. The van der Waals surface area contributed by atoms with Gasteiger partial charge in [0.2, 0.25) is 15.9 Å². The molecule has 0 bridgehead atoms. The molecule has 0 saturated carbocycles. The normalized spacial score (nSPS) is 17.0. The van der Waals surface area contributed by atoms with E-state index in [1.807, 2.05) is 32.9 Å². The summed E-state index contributed by atoms with van der Waals surface area (Å²) < 4.78 is 26.9. The maximum atomic E-state index is 12.7. The van der Waals surface area contributed by atoms with Crippen molar-refractivity contribution in [3.05, 3.63) is 29.3 Å². The van der Waals surface area contributed by atoms with Gasteiger partial charge in [0.1, 0.15) is 0 Å². The zero-order valence-electron chi connectivity index (χ0n) is 12.8. The van der Waals surface area contributed by atoms with Crippen molar-refractivity contribution in [1.82, 2.24) is 9.21 Å². The highest BCUT2D eigenvalue weighted by Crippen LogP contribution is 2.22. The van der Waals surface area contributed by atoms with Crippen LogP contribution in [0.2, 0.25) is 0 Å². The molecule has 1 fully saturated rings. The van der Waals surface area contributed by atoms with Crippen LogP contribution >= 0.6 is 0 Å². The van der Waals surface area contributed by atoms with Crippen LogP contribution in [0.5, 0.6) is 0 Å². The lowest BCUT2D eigenvalue weighted by atomic mass is 10.2. The monoisotopic (exact) mass is 310 g/mol. The molecule has 1 aromatic rings. The third-order valence-electron chi connectivity index (χ3n) is 3.84. The number of carbonyl (C=O) groups excluding carboxylic acids is 1. The molecule has 1 aliphatic heterocycles. The van der Waals surface area contributed by atoms with Gasteiger partial charge in [-0.15, -0.1) is 0 Å². The average Bonchev–Trinajstić information content (AvgIpc) is 2.46. The molecule has 0 aliphatic carbocycles. The Bertz CT molecular complexity index is 632. The molecule has 6 heteroatoms. The van der Waals surface area contributed by atoms with E-state index in [0.29, 0.717) is 37.5 Å². The molecule has 0 unspecified atom stereocenters. The molecule has 1 saturated heterocycles. The van der Waals surface area contributed by atoms with Crippen molar-refractivity contribution >= 4 is 15.9 Å². The van der Waals surface area contributed by atoms with Crippen molar-refractivity contribution in [3.8, 4) is 0 Å². The maximum absolute atomic E-state index is 12.7. The van der Waals surface area contributed by atoms with Crippen LogP contribution in [0.4, 0.5) is 0 Å². The number of nitrogens with zero attached hydrogens (tertiary/aromatic N) is 2. The molecular formula is C15H22N2O3S. The zero-order valence-corrected chi connectivity index (χ0v) is 13.6. The lowest BCUT2D eigenvalue weighted by Crippen LogP contribution is -2.50. The molecule has 0 aromatic heterocycles. The molecule has 0 atom stereocenters. The second-order valence-corrected chi connectivity index (χ2v) is 7.31. The van der Waals surface area contributed by atoms with E-state index in [-0.39, 0.29) is 5.91 Å². The van der Waals surface area contributed by atoms with Gasteiger partial charge >= 0.3 is 0 Å². The summed E-state index contributed by atoms with van der Waals surface area (Å²) in [5.41, 5.74) is 1.81. The lowest BCUT2D eigenvalue weighted by molar-refractivity contribution is -0.132. The summed E-state index contributed by atoms with van der Waals surface area (Å²) in [7, 11) is -3.47. The fraction of sp³-hybridized carbons (Fsp3) is 0.533. The second kappa shape index (κ2) is 6.15. The Morgan fingerprint density at radius 3 is 2.29 bits per heavy atom. The third kappa shape index (κ3) is 3.27. The SMILES string of the molecule is CCC(=O)N1CCN(S(=O)(=O)c2ccc(C)cc2C)CC1. The van der Waals surface area contributed by atoms with Gasteiger partial charge in [0.25, 0.3) is 0 Å². The average molecular weight is 310 g/mol. The minimum atomic E-state index is -3.47. The van der Waals surface area contributed by atoms with Crippen molar-refractivity contribution in [1.29, 1.82) is 0 Å². The van der Waals surface area contributed by atoms with Crippen molar-refractivity contribution in [2.24, 2.45) is 0 Å². The molecule has 2 rings (SSSR count). The van der Waals surface area contributed by atoms with Crippen molar-refractivity contribution < 1.29 is 13.2 Å². The molecule has 0 N–H and O–H groups in total. The van der Waals surface area contributed by atoms with Crippen LogP contribution in [0.1, 0.15) is 24.5 Å². The van der Waals surface area contributed by atoms with Gasteiger partial charge in [-0.2, -0.15) is 4.31 Å². The Balaban J connectivity index is 2.17. The number of aryl methyl sites for hydroxylation is 2. The smallest absolute Gasteiger partial charge is 0.243 e. The largest absolute Gasteiger partial charge is 0.340 e. The van der Waals surface area contributed by atoms with Gasteiger partial charge in [0, 0.05) is 32.6 Å². The summed E-state index contributed by atoms with van der Waals surface area (Å²) in [6.07, 6.45) is 0.462. The summed E-state index contributed by atoms with van der Waals surface area (Å²) in [5, 5.41) is 0. The van der Waals surface area contributed by atoms with Crippen LogP contribution in [-0.4, -0.2) is 49.7 Å². The molecule has 1 amide bonds. The number of benzene rings is 1.